The lowest BCUT2D eigenvalue weighted by Crippen LogP contribution is -2.00. The summed E-state index contributed by atoms with van der Waals surface area (Å²) in [7, 11) is 0. The first-order valence-electron chi connectivity index (χ1n) is 3.78. The van der Waals surface area contributed by atoms with Gasteiger partial charge in [-0.3, -0.25) is 4.39 Å². The monoisotopic (exact) mass is 240 g/mol. The maximum absolute atomic E-state index is 12.4. The van der Waals surface area contributed by atoms with Crippen molar-refractivity contribution in [2.24, 2.45) is 0 Å². The second-order valence-corrected chi connectivity index (χ2v) is 3.54. The lowest BCUT2D eigenvalue weighted by Gasteiger charge is -2.09. The molecule has 0 saturated heterocycles. The van der Waals surface area contributed by atoms with E-state index >= 15 is 0 Å². The van der Waals surface area contributed by atoms with Gasteiger partial charge in [0, 0.05) is 10.4 Å². The molecule has 67 valence electrons. The third-order valence-corrected chi connectivity index (χ3v) is 2.45. The molecular formula is C10H8BrFN. The van der Waals surface area contributed by atoms with E-state index in [2.05, 4.69) is 15.9 Å². The summed E-state index contributed by atoms with van der Waals surface area (Å²) in [4.78, 5) is 0. The van der Waals surface area contributed by atoms with Gasteiger partial charge in [0.05, 0.1) is 12.2 Å². The van der Waals surface area contributed by atoms with Crippen molar-refractivity contribution in [3.63, 3.8) is 0 Å². The molecule has 0 bridgehead atoms. The molecule has 0 spiro atoms. The summed E-state index contributed by atoms with van der Waals surface area (Å²) >= 11 is 3.25. The lowest BCUT2D eigenvalue weighted by molar-refractivity contribution is 0.516. The molecule has 0 aliphatic rings. The predicted molar refractivity (Wildman–Crippen MR) is 52.9 cm³/mol. The first-order valence-corrected chi connectivity index (χ1v) is 4.57. The minimum Gasteiger partial charge on any atom is -0.250 e. The fraction of sp³-hybridized carbons (Fsp3) is 0.200. The first kappa shape index (κ1) is 10.2. The standard InChI is InChI=1S/C10H8BrFN/c1-7(5-12)8-3-2-4-10(11)9(8)6-13/h2-4H,5H2,1H3. The second-order valence-electron chi connectivity index (χ2n) is 2.69. The van der Waals surface area contributed by atoms with Crippen LogP contribution in [0.1, 0.15) is 18.1 Å². The molecule has 0 aliphatic heterocycles. The number of nitriles is 1. The first-order chi connectivity index (χ1) is 6.20. The van der Waals surface area contributed by atoms with Crippen molar-refractivity contribution in [3.8, 4) is 6.07 Å². The van der Waals surface area contributed by atoms with E-state index in [9.17, 15) is 4.39 Å². The molecule has 1 rings (SSSR count). The maximum atomic E-state index is 12.4. The molecule has 3 heteroatoms. The van der Waals surface area contributed by atoms with Crippen LogP contribution in [0.4, 0.5) is 4.39 Å². The largest absolute Gasteiger partial charge is 0.250 e. The molecule has 0 unspecified atom stereocenters. The number of alkyl halides is 1. The molecule has 13 heavy (non-hydrogen) atoms. The Morgan fingerprint density at radius 3 is 2.85 bits per heavy atom. The third kappa shape index (κ3) is 2.07. The van der Waals surface area contributed by atoms with E-state index < -0.39 is 6.67 Å². The van der Waals surface area contributed by atoms with Crippen LogP contribution in [0.15, 0.2) is 22.7 Å². The van der Waals surface area contributed by atoms with Crippen molar-refractivity contribution in [3.05, 3.63) is 39.7 Å². The van der Waals surface area contributed by atoms with Crippen molar-refractivity contribution in [2.45, 2.75) is 6.92 Å². The average Bonchev–Trinajstić information content (AvgIpc) is 2.16. The van der Waals surface area contributed by atoms with Gasteiger partial charge in [-0.2, -0.15) is 5.26 Å². The van der Waals surface area contributed by atoms with E-state index in [1.807, 2.05) is 6.07 Å². The summed E-state index contributed by atoms with van der Waals surface area (Å²) in [6, 6.07) is 7.36. The Morgan fingerprint density at radius 1 is 1.62 bits per heavy atom. The van der Waals surface area contributed by atoms with Crippen LogP contribution in [0, 0.1) is 17.2 Å². The molecule has 1 radical (unpaired) electrons. The van der Waals surface area contributed by atoms with Gasteiger partial charge in [0.1, 0.15) is 6.07 Å². The highest BCUT2D eigenvalue weighted by atomic mass is 79.9. The Labute approximate surface area is 85.3 Å². The molecule has 0 fully saturated rings. The van der Waals surface area contributed by atoms with Crippen molar-refractivity contribution >= 4 is 15.9 Å². The van der Waals surface area contributed by atoms with Crippen molar-refractivity contribution < 1.29 is 4.39 Å². The van der Waals surface area contributed by atoms with Crippen LogP contribution in [0.25, 0.3) is 0 Å². The summed E-state index contributed by atoms with van der Waals surface area (Å²) in [5.41, 5.74) is 1.18. The molecule has 1 nitrogen and oxygen atoms in total. The van der Waals surface area contributed by atoms with Crippen molar-refractivity contribution in [1.29, 1.82) is 5.26 Å². The average molecular weight is 241 g/mol. The van der Waals surface area contributed by atoms with Crippen LogP contribution >= 0.6 is 15.9 Å². The zero-order chi connectivity index (χ0) is 9.84. The zero-order valence-electron chi connectivity index (χ0n) is 7.14. The molecule has 0 heterocycles. The van der Waals surface area contributed by atoms with Crippen LogP contribution < -0.4 is 0 Å². The van der Waals surface area contributed by atoms with E-state index in [4.69, 9.17) is 5.26 Å². The summed E-state index contributed by atoms with van der Waals surface area (Å²) in [6.45, 7) is 1.16. The number of hydrogen-bond donors (Lipinski definition) is 0. The van der Waals surface area contributed by atoms with Gasteiger partial charge < -0.3 is 0 Å². The zero-order valence-corrected chi connectivity index (χ0v) is 8.73. The Morgan fingerprint density at radius 2 is 2.31 bits per heavy atom. The van der Waals surface area contributed by atoms with Crippen molar-refractivity contribution in [1.82, 2.24) is 0 Å². The van der Waals surface area contributed by atoms with Crippen LogP contribution in [0.5, 0.6) is 0 Å². The SMILES string of the molecule is C[C](CF)c1cccc(Br)c1C#N. The van der Waals surface area contributed by atoms with Crippen LogP contribution in [0.2, 0.25) is 0 Å². The molecule has 0 atom stereocenters. The second kappa shape index (κ2) is 4.38. The smallest absolute Gasteiger partial charge is 0.101 e. The van der Waals surface area contributed by atoms with E-state index in [1.165, 1.54) is 0 Å². The molecule has 0 N–H and O–H groups in total. The Hall–Kier alpha value is -0.880. The maximum Gasteiger partial charge on any atom is 0.101 e. The highest BCUT2D eigenvalue weighted by Crippen LogP contribution is 2.25. The Balaban J connectivity index is 3.22. The van der Waals surface area contributed by atoms with Gasteiger partial charge in [0.15, 0.2) is 0 Å². The normalized spacial score (nSPS) is 10.1. The molecular weight excluding hydrogens is 233 g/mol. The minimum absolute atomic E-state index is 0.498. The van der Waals surface area contributed by atoms with E-state index in [0.29, 0.717) is 21.5 Å². The minimum atomic E-state index is -0.523. The van der Waals surface area contributed by atoms with Gasteiger partial charge in [-0.15, -0.1) is 0 Å². The predicted octanol–water partition coefficient (Wildman–Crippen LogP) is 3.23. The van der Waals surface area contributed by atoms with E-state index in [-0.39, 0.29) is 0 Å². The van der Waals surface area contributed by atoms with Gasteiger partial charge in [-0.05, 0) is 27.6 Å². The molecule has 1 aromatic rings. The third-order valence-electron chi connectivity index (χ3n) is 1.79. The van der Waals surface area contributed by atoms with Crippen molar-refractivity contribution in [2.75, 3.05) is 6.67 Å². The fourth-order valence-electron chi connectivity index (χ4n) is 1.07. The number of nitrogens with zero attached hydrogens (tertiary/aromatic N) is 1. The molecule has 0 aromatic heterocycles. The summed E-state index contributed by atoms with van der Waals surface area (Å²) < 4.78 is 13.1. The van der Waals surface area contributed by atoms with Gasteiger partial charge in [-0.25, -0.2) is 0 Å². The lowest BCUT2D eigenvalue weighted by atomic mass is 9.97. The Bertz CT molecular complexity index is 343. The Kier molecular flexibility index (Phi) is 3.44. The summed E-state index contributed by atoms with van der Waals surface area (Å²) in [6.07, 6.45) is 0. The number of rotatable bonds is 2. The van der Waals surface area contributed by atoms with E-state index in [1.54, 1.807) is 25.1 Å². The van der Waals surface area contributed by atoms with E-state index in [0.717, 1.165) is 0 Å². The van der Waals surface area contributed by atoms with Crippen LogP contribution in [0.3, 0.4) is 0 Å². The van der Waals surface area contributed by atoms with Gasteiger partial charge in [-0.1, -0.05) is 19.1 Å². The topological polar surface area (TPSA) is 23.8 Å². The van der Waals surface area contributed by atoms with Gasteiger partial charge in [0.25, 0.3) is 0 Å². The number of halogens is 2. The molecule has 1 aromatic carbocycles. The number of benzene rings is 1. The van der Waals surface area contributed by atoms with Gasteiger partial charge >= 0.3 is 0 Å². The van der Waals surface area contributed by atoms with Crippen LogP contribution in [-0.2, 0) is 0 Å². The fourth-order valence-corrected chi connectivity index (χ4v) is 1.52. The number of hydrogen-bond acceptors (Lipinski definition) is 1. The molecule has 0 amide bonds. The molecule has 0 saturated carbocycles. The highest BCUT2D eigenvalue weighted by molar-refractivity contribution is 9.10. The summed E-state index contributed by atoms with van der Waals surface area (Å²) in [5.74, 6) is 0.581. The van der Waals surface area contributed by atoms with Crippen LogP contribution in [-0.4, -0.2) is 6.67 Å². The summed E-state index contributed by atoms with van der Waals surface area (Å²) in [5, 5.41) is 8.83. The van der Waals surface area contributed by atoms with Gasteiger partial charge in [0.2, 0.25) is 0 Å². The quantitative estimate of drug-likeness (QED) is 0.779. The highest BCUT2D eigenvalue weighted by Gasteiger charge is 2.12. The molecule has 0 aliphatic carbocycles.